The van der Waals surface area contributed by atoms with Crippen LogP contribution in [-0.4, -0.2) is 17.4 Å². The van der Waals surface area contributed by atoms with Crippen molar-refractivity contribution in [2.24, 2.45) is 0 Å². The van der Waals surface area contributed by atoms with E-state index in [-0.39, 0.29) is 16.8 Å². The van der Waals surface area contributed by atoms with Crippen LogP contribution < -0.4 is 10.6 Å². The molecule has 2 aromatic rings. The molecule has 6 heteroatoms. The van der Waals surface area contributed by atoms with Crippen molar-refractivity contribution in [1.82, 2.24) is 4.98 Å². The van der Waals surface area contributed by atoms with E-state index in [1.54, 1.807) is 18.3 Å². The maximum absolute atomic E-state index is 13.7. The number of halogens is 2. The molecule has 0 aliphatic heterocycles. The van der Waals surface area contributed by atoms with Gasteiger partial charge in [-0.05, 0) is 37.6 Å². The number of rotatable bonds is 4. The van der Waals surface area contributed by atoms with E-state index >= 15 is 0 Å². The summed E-state index contributed by atoms with van der Waals surface area (Å²) in [6.07, 6.45) is 1.54. The van der Waals surface area contributed by atoms with E-state index in [0.29, 0.717) is 12.4 Å². The fourth-order valence-electron chi connectivity index (χ4n) is 1.83. The standard InChI is InChI=1S/C15H15F2N3O/c1-3-18-14-10(5-4-6-19-14)15(21)20-13-8-11(16)9(2)7-12(13)17/h4-8H,3H2,1-2H3,(H,18,19)(H,20,21). The summed E-state index contributed by atoms with van der Waals surface area (Å²) in [6, 6.07) is 5.16. The van der Waals surface area contributed by atoms with Gasteiger partial charge in [-0.2, -0.15) is 0 Å². The minimum atomic E-state index is -0.684. The molecule has 1 aromatic heterocycles. The van der Waals surface area contributed by atoms with Gasteiger partial charge in [-0.1, -0.05) is 0 Å². The van der Waals surface area contributed by atoms with Gasteiger partial charge in [0.2, 0.25) is 0 Å². The molecule has 0 saturated carbocycles. The minimum absolute atomic E-state index is 0.181. The first-order valence-electron chi connectivity index (χ1n) is 6.48. The number of nitrogens with zero attached hydrogens (tertiary/aromatic N) is 1. The van der Waals surface area contributed by atoms with Gasteiger partial charge in [0, 0.05) is 18.8 Å². The second kappa shape index (κ2) is 6.30. The van der Waals surface area contributed by atoms with Gasteiger partial charge in [-0.3, -0.25) is 4.79 Å². The number of nitrogens with one attached hydrogen (secondary N) is 2. The van der Waals surface area contributed by atoms with Crippen molar-refractivity contribution >= 4 is 17.4 Å². The molecule has 1 heterocycles. The van der Waals surface area contributed by atoms with Crippen LogP contribution in [0, 0.1) is 18.6 Å². The summed E-state index contributed by atoms with van der Waals surface area (Å²) in [7, 11) is 0. The number of anilines is 2. The van der Waals surface area contributed by atoms with Gasteiger partial charge < -0.3 is 10.6 Å². The van der Waals surface area contributed by atoms with Gasteiger partial charge in [0.15, 0.2) is 0 Å². The average Bonchev–Trinajstić information content (AvgIpc) is 2.45. The maximum atomic E-state index is 13.7. The summed E-state index contributed by atoms with van der Waals surface area (Å²) in [5, 5.41) is 5.30. The molecule has 0 bridgehead atoms. The normalized spacial score (nSPS) is 10.3. The van der Waals surface area contributed by atoms with E-state index in [1.807, 2.05) is 6.92 Å². The Balaban J connectivity index is 2.28. The summed E-state index contributed by atoms with van der Waals surface area (Å²) in [6.45, 7) is 3.91. The fraction of sp³-hybridized carbons (Fsp3) is 0.200. The predicted octanol–water partition coefficient (Wildman–Crippen LogP) is 3.35. The lowest BCUT2D eigenvalue weighted by Crippen LogP contribution is -2.16. The van der Waals surface area contributed by atoms with Crippen molar-refractivity contribution in [2.45, 2.75) is 13.8 Å². The second-order valence-electron chi connectivity index (χ2n) is 4.47. The van der Waals surface area contributed by atoms with Crippen molar-refractivity contribution in [3.8, 4) is 0 Å². The zero-order valence-electron chi connectivity index (χ0n) is 11.7. The summed E-state index contributed by atoms with van der Waals surface area (Å²) >= 11 is 0. The van der Waals surface area contributed by atoms with Crippen molar-refractivity contribution < 1.29 is 13.6 Å². The van der Waals surface area contributed by atoms with Crippen molar-refractivity contribution in [1.29, 1.82) is 0 Å². The molecule has 110 valence electrons. The van der Waals surface area contributed by atoms with Crippen molar-refractivity contribution in [3.63, 3.8) is 0 Å². The Morgan fingerprint density at radius 1 is 1.29 bits per heavy atom. The predicted molar refractivity (Wildman–Crippen MR) is 77.4 cm³/mol. The van der Waals surface area contributed by atoms with Gasteiger partial charge in [0.1, 0.15) is 17.5 Å². The Kier molecular flexibility index (Phi) is 4.47. The van der Waals surface area contributed by atoms with Gasteiger partial charge >= 0.3 is 0 Å². The van der Waals surface area contributed by atoms with Crippen LogP contribution in [0.3, 0.4) is 0 Å². The fourth-order valence-corrected chi connectivity index (χ4v) is 1.83. The highest BCUT2D eigenvalue weighted by molar-refractivity contribution is 6.07. The highest BCUT2D eigenvalue weighted by Crippen LogP contribution is 2.21. The summed E-state index contributed by atoms with van der Waals surface area (Å²) in [4.78, 5) is 16.2. The molecule has 4 nitrogen and oxygen atoms in total. The zero-order chi connectivity index (χ0) is 15.4. The molecule has 0 aliphatic rings. The summed E-state index contributed by atoms with van der Waals surface area (Å²) in [5.41, 5.74) is 0.245. The number of hydrogen-bond acceptors (Lipinski definition) is 3. The van der Waals surface area contributed by atoms with Crippen LogP contribution in [0.2, 0.25) is 0 Å². The third-order valence-electron chi connectivity index (χ3n) is 2.89. The molecular formula is C15H15F2N3O. The van der Waals surface area contributed by atoms with E-state index in [9.17, 15) is 13.6 Å². The van der Waals surface area contributed by atoms with Crippen LogP contribution in [0.1, 0.15) is 22.8 Å². The number of aryl methyl sites for hydroxylation is 1. The molecule has 0 spiro atoms. The first-order valence-corrected chi connectivity index (χ1v) is 6.48. The molecule has 0 fully saturated rings. The molecule has 2 rings (SSSR count). The lowest BCUT2D eigenvalue weighted by atomic mass is 10.2. The van der Waals surface area contributed by atoms with Crippen molar-refractivity contribution in [2.75, 3.05) is 17.2 Å². The van der Waals surface area contributed by atoms with Crippen LogP contribution in [0.4, 0.5) is 20.3 Å². The average molecular weight is 291 g/mol. The van der Waals surface area contributed by atoms with Crippen LogP contribution in [0.5, 0.6) is 0 Å². The van der Waals surface area contributed by atoms with E-state index < -0.39 is 17.5 Å². The number of pyridine rings is 1. The molecule has 0 radical (unpaired) electrons. The monoisotopic (exact) mass is 291 g/mol. The van der Waals surface area contributed by atoms with E-state index in [2.05, 4.69) is 15.6 Å². The zero-order valence-corrected chi connectivity index (χ0v) is 11.7. The second-order valence-corrected chi connectivity index (χ2v) is 4.47. The van der Waals surface area contributed by atoms with Gasteiger partial charge in [-0.15, -0.1) is 0 Å². The molecule has 0 aliphatic carbocycles. The Labute approximate surface area is 121 Å². The molecule has 0 unspecified atom stereocenters. The molecule has 0 atom stereocenters. The number of carbonyl (C=O) groups excluding carboxylic acids is 1. The largest absolute Gasteiger partial charge is 0.370 e. The number of benzene rings is 1. The SMILES string of the molecule is CCNc1ncccc1C(=O)Nc1cc(F)c(C)cc1F. The van der Waals surface area contributed by atoms with Gasteiger partial charge in [0.25, 0.3) is 5.91 Å². The van der Waals surface area contributed by atoms with Gasteiger partial charge in [-0.25, -0.2) is 13.8 Å². The number of hydrogen-bond donors (Lipinski definition) is 2. The van der Waals surface area contributed by atoms with Crippen LogP contribution in [-0.2, 0) is 0 Å². The minimum Gasteiger partial charge on any atom is -0.370 e. The highest BCUT2D eigenvalue weighted by atomic mass is 19.1. The van der Waals surface area contributed by atoms with E-state index in [1.165, 1.54) is 6.92 Å². The third-order valence-corrected chi connectivity index (χ3v) is 2.89. The lowest BCUT2D eigenvalue weighted by Gasteiger charge is -2.11. The highest BCUT2D eigenvalue weighted by Gasteiger charge is 2.15. The van der Waals surface area contributed by atoms with E-state index in [4.69, 9.17) is 0 Å². The molecule has 1 aromatic carbocycles. The number of amides is 1. The topological polar surface area (TPSA) is 54.0 Å². The van der Waals surface area contributed by atoms with E-state index in [0.717, 1.165) is 12.1 Å². The maximum Gasteiger partial charge on any atom is 0.259 e. The lowest BCUT2D eigenvalue weighted by molar-refractivity contribution is 0.102. The smallest absolute Gasteiger partial charge is 0.259 e. The molecule has 1 amide bonds. The number of carbonyl (C=O) groups is 1. The summed E-state index contributed by atoms with van der Waals surface area (Å²) in [5.74, 6) is -1.42. The van der Waals surface area contributed by atoms with Gasteiger partial charge in [0.05, 0.1) is 11.3 Å². The molecule has 21 heavy (non-hydrogen) atoms. The quantitative estimate of drug-likeness (QED) is 0.908. The molecular weight excluding hydrogens is 276 g/mol. The Morgan fingerprint density at radius 3 is 2.76 bits per heavy atom. The Hall–Kier alpha value is -2.50. The van der Waals surface area contributed by atoms with Crippen LogP contribution >= 0.6 is 0 Å². The first-order chi connectivity index (χ1) is 10.0. The van der Waals surface area contributed by atoms with Crippen molar-refractivity contribution in [3.05, 3.63) is 53.2 Å². The number of aromatic nitrogens is 1. The van der Waals surface area contributed by atoms with Crippen LogP contribution in [0.25, 0.3) is 0 Å². The third kappa shape index (κ3) is 3.34. The summed E-state index contributed by atoms with van der Waals surface area (Å²) < 4.78 is 27.2. The first kappa shape index (κ1) is 14.9. The van der Waals surface area contributed by atoms with Crippen LogP contribution in [0.15, 0.2) is 30.5 Å². The Morgan fingerprint density at radius 2 is 2.05 bits per heavy atom. The Bertz CT molecular complexity index is 674. The molecule has 2 N–H and O–H groups in total. The molecule has 0 saturated heterocycles.